The molecule has 1 aromatic rings. The van der Waals surface area contributed by atoms with Crippen molar-refractivity contribution >= 4 is 11.7 Å². The second kappa shape index (κ2) is 9.75. The number of ether oxygens (including phenoxy) is 1. The fourth-order valence-corrected chi connectivity index (χ4v) is 3.63. The quantitative estimate of drug-likeness (QED) is 0.839. The molecule has 2 atom stereocenters. The maximum Gasteiger partial charge on any atom is 0.490 e. The third-order valence-electron chi connectivity index (χ3n) is 5.10. The fraction of sp³-hybridized carbons (Fsp3) is 0.579. The third-order valence-corrected chi connectivity index (χ3v) is 5.10. The molecule has 1 aromatic carbocycles. The van der Waals surface area contributed by atoms with Crippen LogP contribution in [0.5, 0.6) is 0 Å². The highest BCUT2D eigenvalue weighted by atomic mass is 19.4. The summed E-state index contributed by atoms with van der Waals surface area (Å²) in [6, 6.07) is 10.2. The monoisotopic (exact) mass is 399 g/mol. The second-order valence-corrected chi connectivity index (χ2v) is 6.97. The van der Waals surface area contributed by atoms with Gasteiger partial charge in [-0.15, -0.1) is 0 Å². The number of fused-ring (bicyclic) bond motifs is 1. The Hall–Kier alpha value is -2.31. The predicted molar refractivity (Wildman–Crippen MR) is 97.0 cm³/mol. The first-order valence-electron chi connectivity index (χ1n) is 9.01. The van der Waals surface area contributed by atoms with Gasteiger partial charge < -0.3 is 19.6 Å². The number of nitrogens with zero attached hydrogens (tertiary/aromatic N) is 3. The van der Waals surface area contributed by atoms with Crippen molar-refractivity contribution < 1.29 is 27.8 Å². The summed E-state index contributed by atoms with van der Waals surface area (Å²) in [6.45, 7) is 6.58. The van der Waals surface area contributed by atoms with E-state index in [9.17, 15) is 13.2 Å². The molecule has 154 valence electrons. The number of hydrogen-bond acceptors (Lipinski definition) is 5. The van der Waals surface area contributed by atoms with E-state index in [2.05, 4.69) is 28.0 Å². The van der Waals surface area contributed by atoms with E-state index in [0.717, 1.165) is 43.6 Å². The van der Waals surface area contributed by atoms with Crippen molar-refractivity contribution in [1.82, 2.24) is 4.90 Å². The summed E-state index contributed by atoms with van der Waals surface area (Å²) in [7, 11) is 1.77. The number of methoxy groups -OCH3 is 1. The standard InChI is InChI=1S/C17H23N3O.C2HF3O2/c1-21-9-8-19-7-6-15-12-20(13-16(15)11-19)17-4-2-14(10-18)3-5-17;3-2(4,5)1(6)7/h2-5,15-16H,6-9,11-13H2,1H3;(H,6,7)/t15-,16+;/m1./s1. The molecule has 0 amide bonds. The number of piperidine rings is 1. The van der Waals surface area contributed by atoms with Crippen LogP contribution in [-0.2, 0) is 9.53 Å². The van der Waals surface area contributed by atoms with E-state index in [-0.39, 0.29) is 0 Å². The number of alkyl halides is 3. The van der Waals surface area contributed by atoms with E-state index in [4.69, 9.17) is 19.9 Å². The van der Waals surface area contributed by atoms with Gasteiger partial charge in [0.15, 0.2) is 0 Å². The van der Waals surface area contributed by atoms with Crippen LogP contribution in [0.15, 0.2) is 24.3 Å². The second-order valence-electron chi connectivity index (χ2n) is 6.97. The molecule has 0 aliphatic carbocycles. The van der Waals surface area contributed by atoms with Crippen molar-refractivity contribution in [2.75, 3.05) is 51.3 Å². The van der Waals surface area contributed by atoms with Crippen LogP contribution in [0.4, 0.5) is 18.9 Å². The van der Waals surface area contributed by atoms with Gasteiger partial charge in [-0.05, 0) is 49.1 Å². The molecule has 0 saturated carbocycles. The van der Waals surface area contributed by atoms with Gasteiger partial charge in [0.25, 0.3) is 0 Å². The summed E-state index contributed by atoms with van der Waals surface area (Å²) in [5, 5.41) is 16.0. The molecule has 0 spiro atoms. The van der Waals surface area contributed by atoms with Crippen molar-refractivity contribution in [2.45, 2.75) is 12.6 Å². The van der Waals surface area contributed by atoms with Gasteiger partial charge in [-0.25, -0.2) is 4.79 Å². The molecule has 0 bridgehead atoms. The largest absolute Gasteiger partial charge is 0.490 e. The molecular weight excluding hydrogens is 375 g/mol. The van der Waals surface area contributed by atoms with Crippen LogP contribution in [0.1, 0.15) is 12.0 Å². The zero-order chi connectivity index (χ0) is 20.7. The number of carboxylic acids is 1. The SMILES string of the molecule is COCCN1CC[C@@H]2CN(c3ccc(C#N)cc3)C[C@@H]2C1.O=C(O)C(F)(F)F. The van der Waals surface area contributed by atoms with Crippen LogP contribution < -0.4 is 4.90 Å². The van der Waals surface area contributed by atoms with E-state index in [1.165, 1.54) is 25.2 Å². The van der Waals surface area contributed by atoms with Gasteiger partial charge in [0.05, 0.1) is 18.2 Å². The lowest BCUT2D eigenvalue weighted by molar-refractivity contribution is -0.192. The van der Waals surface area contributed by atoms with Gasteiger partial charge in [-0.1, -0.05) is 0 Å². The van der Waals surface area contributed by atoms with Gasteiger partial charge in [0.1, 0.15) is 0 Å². The van der Waals surface area contributed by atoms with Crippen molar-refractivity contribution in [3.63, 3.8) is 0 Å². The summed E-state index contributed by atoms with van der Waals surface area (Å²) in [6.07, 6.45) is -3.79. The number of rotatable bonds is 4. The van der Waals surface area contributed by atoms with Crippen molar-refractivity contribution in [2.24, 2.45) is 11.8 Å². The fourth-order valence-electron chi connectivity index (χ4n) is 3.63. The van der Waals surface area contributed by atoms with Crippen LogP contribution >= 0.6 is 0 Å². The summed E-state index contributed by atoms with van der Waals surface area (Å²) < 4.78 is 36.9. The summed E-state index contributed by atoms with van der Waals surface area (Å²) >= 11 is 0. The lowest BCUT2D eigenvalue weighted by Gasteiger charge is -2.33. The number of nitriles is 1. The van der Waals surface area contributed by atoms with E-state index in [0.29, 0.717) is 0 Å². The molecule has 2 aliphatic heterocycles. The molecular formula is C19H24F3N3O3. The number of anilines is 1. The molecule has 2 fully saturated rings. The number of carboxylic acid groups (broad SMARTS) is 1. The highest BCUT2D eigenvalue weighted by Gasteiger charge is 2.38. The lowest BCUT2D eigenvalue weighted by atomic mass is 9.89. The predicted octanol–water partition coefficient (Wildman–Crippen LogP) is 2.60. The van der Waals surface area contributed by atoms with Crippen LogP contribution in [-0.4, -0.2) is 68.6 Å². The number of benzene rings is 1. The number of hydrogen-bond donors (Lipinski definition) is 1. The molecule has 2 saturated heterocycles. The van der Waals surface area contributed by atoms with Gasteiger partial charge in [-0.2, -0.15) is 18.4 Å². The number of carbonyl (C=O) groups is 1. The first-order chi connectivity index (χ1) is 13.2. The Morgan fingerprint density at radius 3 is 2.39 bits per heavy atom. The number of halogens is 3. The first-order valence-corrected chi connectivity index (χ1v) is 9.01. The Labute approximate surface area is 162 Å². The third kappa shape index (κ3) is 6.11. The van der Waals surface area contributed by atoms with E-state index in [1.54, 1.807) is 7.11 Å². The van der Waals surface area contributed by atoms with Crippen LogP contribution in [0.25, 0.3) is 0 Å². The van der Waals surface area contributed by atoms with Crippen molar-refractivity contribution in [3.8, 4) is 6.07 Å². The summed E-state index contributed by atoms with van der Waals surface area (Å²) in [4.78, 5) is 13.9. The topological polar surface area (TPSA) is 76.8 Å². The summed E-state index contributed by atoms with van der Waals surface area (Å²) in [5.74, 6) is -1.17. The Morgan fingerprint density at radius 1 is 1.25 bits per heavy atom. The zero-order valence-electron chi connectivity index (χ0n) is 15.7. The molecule has 0 unspecified atom stereocenters. The van der Waals surface area contributed by atoms with E-state index < -0.39 is 12.1 Å². The van der Waals surface area contributed by atoms with Crippen molar-refractivity contribution in [3.05, 3.63) is 29.8 Å². The zero-order valence-corrected chi connectivity index (χ0v) is 15.7. The molecule has 9 heteroatoms. The normalized spacial score (nSPS) is 22.0. The minimum Gasteiger partial charge on any atom is -0.475 e. The lowest BCUT2D eigenvalue weighted by Crippen LogP contribution is -2.41. The first kappa shape index (κ1) is 22.0. The van der Waals surface area contributed by atoms with Gasteiger partial charge in [0.2, 0.25) is 0 Å². The average molecular weight is 399 g/mol. The molecule has 2 aliphatic rings. The Kier molecular flexibility index (Phi) is 7.66. The maximum atomic E-state index is 10.6. The Morgan fingerprint density at radius 2 is 1.86 bits per heavy atom. The van der Waals surface area contributed by atoms with Gasteiger partial charge in [-0.3, -0.25) is 0 Å². The number of aliphatic carboxylic acids is 1. The highest BCUT2D eigenvalue weighted by molar-refractivity contribution is 5.73. The molecule has 3 rings (SSSR count). The maximum absolute atomic E-state index is 10.6. The smallest absolute Gasteiger partial charge is 0.475 e. The number of likely N-dealkylation sites (tertiary alicyclic amines) is 1. The Bertz CT molecular complexity index is 688. The van der Waals surface area contributed by atoms with E-state index >= 15 is 0 Å². The average Bonchev–Trinajstić information content (AvgIpc) is 3.09. The molecule has 0 radical (unpaired) electrons. The minimum absolute atomic E-state index is 0.737. The van der Waals surface area contributed by atoms with Crippen molar-refractivity contribution in [1.29, 1.82) is 5.26 Å². The van der Waals surface area contributed by atoms with Crippen LogP contribution in [0, 0.1) is 23.2 Å². The molecule has 2 heterocycles. The highest BCUT2D eigenvalue weighted by Crippen LogP contribution is 2.33. The minimum atomic E-state index is -5.08. The molecule has 1 N–H and O–H groups in total. The Balaban J connectivity index is 0.000000345. The van der Waals surface area contributed by atoms with Crippen LogP contribution in [0.2, 0.25) is 0 Å². The molecule has 6 nitrogen and oxygen atoms in total. The van der Waals surface area contributed by atoms with Crippen LogP contribution in [0.3, 0.4) is 0 Å². The molecule has 0 aromatic heterocycles. The van der Waals surface area contributed by atoms with E-state index in [1.807, 2.05) is 12.1 Å². The molecule has 28 heavy (non-hydrogen) atoms. The van der Waals surface area contributed by atoms with Gasteiger partial charge >= 0.3 is 12.1 Å². The summed E-state index contributed by atoms with van der Waals surface area (Å²) in [5.41, 5.74) is 1.99. The van der Waals surface area contributed by atoms with Gasteiger partial charge in [0, 0.05) is 39.0 Å².